The highest BCUT2D eigenvalue weighted by Gasteiger charge is 2.24. The molecule has 5 nitrogen and oxygen atoms in total. The Morgan fingerprint density at radius 2 is 2.18 bits per heavy atom. The summed E-state index contributed by atoms with van der Waals surface area (Å²) >= 11 is 0. The molecule has 122 valence electrons. The van der Waals surface area contributed by atoms with Gasteiger partial charge in [-0.05, 0) is 44.4 Å². The number of ether oxygens (including phenoxy) is 2. The van der Waals surface area contributed by atoms with E-state index < -0.39 is 5.82 Å². The van der Waals surface area contributed by atoms with Gasteiger partial charge >= 0.3 is 6.03 Å². The molecule has 3 atom stereocenters. The van der Waals surface area contributed by atoms with E-state index >= 15 is 0 Å². The molecule has 0 spiro atoms. The van der Waals surface area contributed by atoms with Crippen molar-refractivity contribution in [3.8, 4) is 5.75 Å². The Balaban J connectivity index is 1.90. The summed E-state index contributed by atoms with van der Waals surface area (Å²) < 4.78 is 23.9. The molecule has 2 N–H and O–H groups in total. The zero-order valence-electron chi connectivity index (χ0n) is 13.2. The molecule has 0 saturated carbocycles. The van der Waals surface area contributed by atoms with Crippen LogP contribution in [0.2, 0.25) is 0 Å². The van der Waals surface area contributed by atoms with Crippen LogP contribution in [0.25, 0.3) is 0 Å². The summed E-state index contributed by atoms with van der Waals surface area (Å²) in [6, 6.07) is 3.98. The lowest BCUT2D eigenvalue weighted by Crippen LogP contribution is -2.46. The van der Waals surface area contributed by atoms with Crippen molar-refractivity contribution in [2.45, 2.75) is 44.9 Å². The SMILES string of the molecule is COc1cc([C@H](C)NC(=O)N[C@H](C)[C@H]2CCCO2)ccc1F. The minimum atomic E-state index is -0.421. The average molecular weight is 310 g/mol. The van der Waals surface area contributed by atoms with E-state index in [1.54, 1.807) is 12.1 Å². The van der Waals surface area contributed by atoms with Crippen LogP contribution in [-0.4, -0.2) is 31.9 Å². The van der Waals surface area contributed by atoms with E-state index in [1.165, 1.54) is 13.2 Å². The van der Waals surface area contributed by atoms with Gasteiger partial charge in [0, 0.05) is 6.61 Å². The van der Waals surface area contributed by atoms with E-state index in [1.807, 2.05) is 13.8 Å². The van der Waals surface area contributed by atoms with Crippen LogP contribution in [0.1, 0.15) is 38.3 Å². The maximum atomic E-state index is 13.4. The predicted octanol–water partition coefficient (Wildman–Crippen LogP) is 2.76. The summed E-state index contributed by atoms with van der Waals surface area (Å²) in [4.78, 5) is 12.0. The number of hydrogen-bond donors (Lipinski definition) is 2. The van der Waals surface area contributed by atoms with Gasteiger partial charge in [-0.15, -0.1) is 0 Å². The van der Waals surface area contributed by atoms with E-state index in [4.69, 9.17) is 9.47 Å². The molecule has 0 radical (unpaired) electrons. The third-order valence-electron chi connectivity index (χ3n) is 3.90. The fourth-order valence-electron chi connectivity index (χ4n) is 2.56. The van der Waals surface area contributed by atoms with E-state index in [9.17, 15) is 9.18 Å². The van der Waals surface area contributed by atoms with Gasteiger partial charge < -0.3 is 20.1 Å². The summed E-state index contributed by atoms with van der Waals surface area (Å²) in [5.41, 5.74) is 0.776. The van der Waals surface area contributed by atoms with Crippen molar-refractivity contribution in [2.75, 3.05) is 13.7 Å². The van der Waals surface area contributed by atoms with Gasteiger partial charge in [-0.3, -0.25) is 0 Å². The summed E-state index contributed by atoms with van der Waals surface area (Å²) in [6.45, 7) is 4.52. The zero-order chi connectivity index (χ0) is 16.1. The number of rotatable bonds is 5. The van der Waals surface area contributed by atoms with Crippen LogP contribution in [0.3, 0.4) is 0 Å². The second-order valence-electron chi connectivity index (χ2n) is 5.57. The number of hydrogen-bond acceptors (Lipinski definition) is 3. The Kier molecular flexibility index (Phi) is 5.60. The third-order valence-corrected chi connectivity index (χ3v) is 3.90. The molecule has 22 heavy (non-hydrogen) atoms. The molecule has 1 aliphatic rings. The van der Waals surface area contributed by atoms with Gasteiger partial charge in [0.25, 0.3) is 0 Å². The first-order valence-electron chi connectivity index (χ1n) is 7.53. The Labute approximate surface area is 130 Å². The fourth-order valence-corrected chi connectivity index (χ4v) is 2.56. The van der Waals surface area contributed by atoms with Crippen molar-refractivity contribution in [1.82, 2.24) is 10.6 Å². The van der Waals surface area contributed by atoms with Crippen molar-refractivity contribution in [1.29, 1.82) is 0 Å². The molecule has 0 bridgehead atoms. The van der Waals surface area contributed by atoms with E-state index in [-0.39, 0.29) is 30.0 Å². The molecule has 1 saturated heterocycles. The van der Waals surface area contributed by atoms with Crippen LogP contribution in [0.5, 0.6) is 5.75 Å². The Bertz CT molecular complexity index is 518. The van der Waals surface area contributed by atoms with Gasteiger partial charge in [0.15, 0.2) is 11.6 Å². The molecule has 1 heterocycles. The quantitative estimate of drug-likeness (QED) is 0.879. The second kappa shape index (κ2) is 7.45. The second-order valence-corrected chi connectivity index (χ2v) is 5.57. The molecule has 1 fully saturated rings. The average Bonchev–Trinajstić information content (AvgIpc) is 3.01. The molecule has 0 unspecified atom stereocenters. The van der Waals surface area contributed by atoms with Crippen LogP contribution in [-0.2, 0) is 4.74 Å². The van der Waals surface area contributed by atoms with Gasteiger partial charge in [0.2, 0.25) is 0 Å². The van der Waals surface area contributed by atoms with Crippen LogP contribution in [0.15, 0.2) is 18.2 Å². The van der Waals surface area contributed by atoms with Crippen molar-refractivity contribution in [3.05, 3.63) is 29.6 Å². The molecule has 2 rings (SSSR count). The van der Waals surface area contributed by atoms with Crippen molar-refractivity contribution < 1.29 is 18.7 Å². The van der Waals surface area contributed by atoms with Gasteiger partial charge in [-0.1, -0.05) is 6.07 Å². The number of urea groups is 1. The Morgan fingerprint density at radius 1 is 1.41 bits per heavy atom. The number of benzene rings is 1. The molecule has 1 aromatic carbocycles. The third kappa shape index (κ3) is 4.10. The highest BCUT2D eigenvalue weighted by Crippen LogP contribution is 2.22. The molecule has 0 aliphatic carbocycles. The molecule has 1 aromatic rings. The largest absolute Gasteiger partial charge is 0.494 e. The number of methoxy groups -OCH3 is 1. The van der Waals surface area contributed by atoms with Crippen LogP contribution in [0, 0.1) is 5.82 Å². The van der Waals surface area contributed by atoms with Gasteiger partial charge in [-0.25, -0.2) is 9.18 Å². The van der Waals surface area contributed by atoms with Crippen LogP contribution >= 0.6 is 0 Å². The minimum absolute atomic E-state index is 0.0440. The van der Waals surface area contributed by atoms with Crippen LogP contribution < -0.4 is 15.4 Å². The molecule has 2 amide bonds. The lowest BCUT2D eigenvalue weighted by Gasteiger charge is -2.22. The highest BCUT2D eigenvalue weighted by atomic mass is 19.1. The standard InChI is InChI=1S/C16H23FN2O3/c1-10(12-6-7-13(17)15(9-12)21-3)18-16(20)19-11(2)14-5-4-8-22-14/h6-7,9-11,14H,4-5,8H2,1-3H3,(H2,18,19,20)/t10-,11+,14+/m0/s1. The summed E-state index contributed by atoms with van der Waals surface area (Å²) in [7, 11) is 1.41. The molecular formula is C16H23FN2O3. The maximum Gasteiger partial charge on any atom is 0.315 e. The van der Waals surface area contributed by atoms with E-state index in [0.29, 0.717) is 0 Å². The van der Waals surface area contributed by atoms with E-state index in [2.05, 4.69) is 10.6 Å². The Hall–Kier alpha value is -1.82. The topological polar surface area (TPSA) is 59.6 Å². The first-order chi connectivity index (χ1) is 10.5. The number of carbonyl (C=O) groups is 1. The van der Waals surface area contributed by atoms with Crippen molar-refractivity contribution in [2.24, 2.45) is 0 Å². The fraction of sp³-hybridized carbons (Fsp3) is 0.562. The van der Waals surface area contributed by atoms with Crippen molar-refractivity contribution >= 4 is 6.03 Å². The number of nitrogens with one attached hydrogen (secondary N) is 2. The van der Waals surface area contributed by atoms with Crippen molar-refractivity contribution in [3.63, 3.8) is 0 Å². The normalized spacial score (nSPS) is 20.3. The summed E-state index contributed by atoms with van der Waals surface area (Å²) in [5.74, 6) is -0.255. The predicted molar refractivity (Wildman–Crippen MR) is 81.5 cm³/mol. The maximum absolute atomic E-state index is 13.4. The number of carbonyl (C=O) groups excluding carboxylic acids is 1. The lowest BCUT2D eigenvalue weighted by atomic mass is 10.1. The summed E-state index contributed by atoms with van der Waals surface area (Å²) in [6.07, 6.45) is 2.07. The minimum Gasteiger partial charge on any atom is -0.494 e. The molecule has 0 aromatic heterocycles. The van der Waals surface area contributed by atoms with Gasteiger partial charge in [0.1, 0.15) is 0 Å². The number of halogens is 1. The number of amides is 2. The first-order valence-corrected chi connectivity index (χ1v) is 7.53. The van der Waals surface area contributed by atoms with Gasteiger partial charge in [0.05, 0.1) is 25.3 Å². The zero-order valence-corrected chi connectivity index (χ0v) is 13.2. The van der Waals surface area contributed by atoms with Crippen LogP contribution in [0.4, 0.5) is 9.18 Å². The lowest BCUT2D eigenvalue weighted by molar-refractivity contribution is 0.0859. The smallest absolute Gasteiger partial charge is 0.315 e. The highest BCUT2D eigenvalue weighted by molar-refractivity contribution is 5.74. The Morgan fingerprint density at radius 3 is 2.82 bits per heavy atom. The first kappa shape index (κ1) is 16.5. The molecular weight excluding hydrogens is 287 g/mol. The summed E-state index contributed by atoms with van der Waals surface area (Å²) in [5, 5.41) is 5.72. The van der Waals surface area contributed by atoms with E-state index in [0.717, 1.165) is 25.0 Å². The molecule has 6 heteroatoms. The monoisotopic (exact) mass is 310 g/mol. The molecule has 1 aliphatic heterocycles. The van der Waals surface area contributed by atoms with Gasteiger partial charge in [-0.2, -0.15) is 0 Å².